The van der Waals surface area contributed by atoms with Crippen molar-refractivity contribution in [3.8, 4) is 11.5 Å². The average molecular weight is 411 g/mol. The van der Waals surface area contributed by atoms with Crippen molar-refractivity contribution in [2.75, 3.05) is 26.1 Å². The molecule has 0 fully saturated rings. The summed E-state index contributed by atoms with van der Waals surface area (Å²) in [6.07, 6.45) is -0.728. The van der Waals surface area contributed by atoms with Gasteiger partial charge in [-0.25, -0.2) is 4.39 Å². The van der Waals surface area contributed by atoms with Crippen molar-refractivity contribution in [3.05, 3.63) is 52.3 Å². The zero-order valence-corrected chi connectivity index (χ0v) is 16.3. The molecule has 0 aliphatic heterocycles. The summed E-state index contributed by atoms with van der Waals surface area (Å²) in [7, 11) is 2.73. The van der Waals surface area contributed by atoms with Gasteiger partial charge in [0.2, 0.25) is 0 Å². The van der Waals surface area contributed by atoms with E-state index in [1.54, 1.807) is 0 Å². The van der Waals surface area contributed by atoms with E-state index in [9.17, 15) is 19.1 Å². The molecule has 1 atom stereocenters. The third kappa shape index (κ3) is 5.11. The number of rotatable bonds is 7. The van der Waals surface area contributed by atoms with Gasteiger partial charge in [-0.15, -0.1) is 0 Å². The van der Waals surface area contributed by atoms with Crippen LogP contribution in [0.2, 0.25) is 5.02 Å². The first-order valence-electron chi connectivity index (χ1n) is 8.25. The normalized spacial score (nSPS) is 11.5. The van der Waals surface area contributed by atoms with Gasteiger partial charge in [0.15, 0.2) is 11.5 Å². The molecule has 0 aliphatic rings. The molecule has 0 aromatic heterocycles. The first-order valence-corrected chi connectivity index (χ1v) is 8.63. The van der Waals surface area contributed by atoms with Gasteiger partial charge in [0.25, 0.3) is 11.8 Å². The van der Waals surface area contributed by atoms with Gasteiger partial charge in [0.1, 0.15) is 5.82 Å². The van der Waals surface area contributed by atoms with Gasteiger partial charge in [-0.1, -0.05) is 11.6 Å². The van der Waals surface area contributed by atoms with Crippen LogP contribution in [0.15, 0.2) is 30.3 Å². The van der Waals surface area contributed by atoms with Crippen molar-refractivity contribution in [3.63, 3.8) is 0 Å². The van der Waals surface area contributed by atoms with Crippen molar-refractivity contribution in [2.24, 2.45) is 0 Å². The SMILES string of the molecule is COc1cc(C(=O)NCC(C)O)cc(NC(=O)c2cc(Cl)ccc2F)c1OC. The summed E-state index contributed by atoms with van der Waals surface area (Å²) in [5.41, 5.74) is -0.00827. The molecular weight excluding hydrogens is 391 g/mol. The fourth-order valence-corrected chi connectivity index (χ4v) is 2.56. The standard InChI is InChI=1S/C19H20ClFN2O5/c1-10(24)9-22-18(25)11-6-15(17(28-3)16(7-11)27-2)23-19(26)13-8-12(20)4-5-14(13)21/h4-8,10,24H,9H2,1-3H3,(H,22,25)(H,23,26). The van der Waals surface area contributed by atoms with Crippen molar-refractivity contribution in [1.29, 1.82) is 0 Å². The Kier molecular flexibility index (Phi) is 7.19. The highest BCUT2D eigenvalue weighted by molar-refractivity contribution is 6.31. The van der Waals surface area contributed by atoms with Crippen LogP contribution in [0.1, 0.15) is 27.6 Å². The van der Waals surface area contributed by atoms with E-state index in [0.717, 1.165) is 6.07 Å². The van der Waals surface area contributed by atoms with Crippen LogP contribution >= 0.6 is 11.6 Å². The summed E-state index contributed by atoms with van der Waals surface area (Å²) in [5, 5.41) is 14.6. The molecule has 2 aromatic rings. The van der Waals surface area contributed by atoms with Crippen LogP contribution < -0.4 is 20.1 Å². The molecule has 2 rings (SSSR count). The Morgan fingerprint density at radius 1 is 1.18 bits per heavy atom. The highest BCUT2D eigenvalue weighted by Gasteiger charge is 2.20. The fourth-order valence-electron chi connectivity index (χ4n) is 2.39. The summed E-state index contributed by atoms with van der Waals surface area (Å²) in [4.78, 5) is 24.8. The van der Waals surface area contributed by atoms with Gasteiger partial charge in [-0.2, -0.15) is 0 Å². The Labute approximate surface area is 166 Å². The zero-order valence-electron chi connectivity index (χ0n) is 15.5. The van der Waals surface area contributed by atoms with Crippen LogP contribution in [0.3, 0.4) is 0 Å². The first-order chi connectivity index (χ1) is 13.3. The largest absolute Gasteiger partial charge is 0.493 e. The van der Waals surface area contributed by atoms with Crippen molar-refractivity contribution < 1.29 is 28.6 Å². The smallest absolute Gasteiger partial charge is 0.258 e. The van der Waals surface area contributed by atoms with E-state index in [4.69, 9.17) is 21.1 Å². The number of halogens is 2. The second kappa shape index (κ2) is 9.38. The third-order valence-corrected chi connectivity index (χ3v) is 3.96. The number of nitrogens with one attached hydrogen (secondary N) is 2. The number of benzene rings is 2. The number of carbonyl (C=O) groups excluding carboxylic acids is 2. The number of hydrogen-bond acceptors (Lipinski definition) is 5. The molecule has 0 radical (unpaired) electrons. The fraction of sp³-hybridized carbons (Fsp3) is 0.263. The Morgan fingerprint density at radius 2 is 1.89 bits per heavy atom. The van der Waals surface area contributed by atoms with Crippen LogP contribution in [0.4, 0.5) is 10.1 Å². The lowest BCUT2D eigenvalue weighted by Crippen LogP contribution is -2.30. The minimum Gasteiger partial charge on any atom is -0.493 e. The predicted molar refractivity (Wildman–Crippen MR) is 103 cm³/mol. The number of hydrogen-bond donors (Lipinski definition) is 3. The van der Waals surface area contributed by atoms with Crippen LogP contribution in [0.5, 0.6) is 11.5 Å². The van der Waals surface area contributed by atoms with Crippen LogP contribution in [0, 0.1) is 5.82 Å². The second-order valence-electron chi connectivity index (χ2n) is 5.90. The van der Waals surface area contributed by atoms with Gasteiger partial charge < -0.3 is 25.2 Å². The molecule has 0 bridgehead atoms. The van der Waals surface area contributed by atoms with Gasteiger partial charge in [-0.05, 0) is 37.3 Å². The van der Waals surface area contributed by atoms with Crippen LogP contribution in [-0.4, -0.2) is 43.8 Å². The Hall–Kier alpha value is -2.84. The zero-order chi connectivity index (χ0) is 20.8. The number of amides is 2. The van der Waals surface area contributed by atoms with E-state index < -0.39 is 23.7 Å². The molecule has 2 aromatic carbocycles. The number of anilines is 1. The topological polar surface area (TPSA) is 96.9 Å². The van der Waals surface area contributed by atoms with Crippen molar-refractivity contribution in [1.82, 2.24) is 5.32 Å². The molecule has 9 heteroatoms. The van der Waals surface area contributed by atoms with E-state index in [2.05, 4.69) is 10.6 Å². The Morgan fingerprint density at radius 3 is 2.50 bits per heavy atom. The molecule has 0 heterocycles. The number of carbonyl (C=O) groups is 2. The maximum absolute atomic E-state index is 14.0. The van der Waals surface area contributed by atoms with E-state index in [1.807, 2.05) is 0 Å². The van der Waals surface area contributed by atoms with Crippen molar-refractivity contribution >= 4 is 29.1 Å². The Bertz CT molecular complexity index is 889. The lowest BCUT2D eigenvalue weighted by Gasteiger charge is -2.16. The minimum atomic E-state index is -0.776. The van der Waals surface area contributed by atoms with E-state index in [-0.39, 0.29) is 39.9 Å². The lowest BCUT2D eigenvalue weighted by atomic mass is 10.1. The first kappa shape index (κ1) is 21.5. The van der Waals surface area contributed by atoms with E-state index in [1.165, 1.54) is 45.4 Å². The quantitative estimate of drug-likeness (QED) is 0.652. The van der Waals surface area contributed by atoms with E-state index >= 15 is 0 Å². The molecule has 1 unspecified atom stereocenters. The third-order valence-electron chi connectivity index (χ3n) is 3.72. The molecule has 7 nitrogen and oxygen atoms in total. The van der Waals surface area contributed by atoms with Gasteiger partial charge in [0, 0.05) is 17.1 Å². The maximum Gasteiger partial charge on any atom is 0.258 e. The van der Waals surface area contributed by atoms with Gasteiger partial charge in [-0.3, -0.25) is 9.59 Å². The molecule has 28 heavy (non-hydrogen) atoms. The molecule has 3 N–H and O–H groups in total. The van der Waals surface area contributed by atoms with Gasteiger partial charge in [0.05, 0.1) is 31.6 Å². The molecule has 0 saturated heterocycles. The molecule has 2 amide bonds. The summed E-state index contributed by atoms with van der Waals surface area (Å²) in [6, 6.07) is 6.37. The number of aliphatic hydroxyl groups excluding tert-OH is 1. The summed E-state index contributed by atoms with van der Waals surface area (Å²) < 4.78 is 24.5. The number of methoxy groups -OCH3 is 2. The molecule has 0 aliphatic carbocycles. The van der Waals surface area contributed by atoms with Gasteiger partial charge >= 0.3 is 0 Å². The minimum absolute atomic E-state index is 0.0442. The summed E-state index contributed by atoms with van der Waals surface area (Å²) in [6.45, 7) is 1.57. The molecule has 0 saturated carbocycles. The number of ether oxygens (including phenoxy) is 2. The van der Waals surface area contributed by atoms with E-state index in [0.29, 0.717) is 0 Å². The predicted octanol–water partition coefficient (Wildman–Crippen LogP) is 2.86. The Balaban J connectivity index is 2.40. The molecule has 150 valence electrons. The molecular formula is C19H20ClFN2O5. The van der Waals surface area contributed by atoms with Crippen molar-refractivity contribution in [2.45, 2.75) is 13.0 Å². The lowest BCUT2D eigenvalue weighted by molar-refractivity contribution is 0.0922. The van der Waals surface area contributed by atoms with Crippen LogP contribution in [-0.2, 0) is 0 Å². The maximum atomic E-state index is 14.0. The van der Waals surface area contributed by atoms with Crippen LogP contribution in [0.25, 0.3) is 0 Å². The average Bonchev–Trinajstić information content (AvgIpc) is 2.66. The highest BCUT2D eigenvalue weighted by Crippen LogP contribution is 2.37. The molecule has 0 spiro atoms. The number of aliphatic hydroxyl groups is 1. The monoisotopic (exact) mass is 410 g/mol. The summed E-state index contributed by atoms with van der Waals surface area (Å²) in [5.74, 6) is -1.67. The highest BCUT2D eigenvalue weighted by atomic mass is 35.5. The second-order valence-corrected chi connectivity index (χ2v) is 6.33. The summed E-state index contributed by atoms with van der Waals surface area (Å²) >= 11 is 5.83.